The molecule has 5 nitrogen and oxygen atoms in total. The third-order valence-corrected chi connectivity index (χ3v) is 2.16. The summed E-state index contributed by atoms with van der Waals surface area (Å²) >= 11 is 0. The van der Waals surface area contributed by atoms with Gasteiger partial charge in [-0.2, -0.15) is 0 Å². The predicted molar refractivity (Wildman–Crippen MR) is 58.9 cm³/mol. The first-order valence-corrected chi connectivity index (χ1v) is 5.23. The van der Waals surface area contributed by atoms with E-state index in [0.717, 1.165) is 6.07 Å². The molecule has 100 valence electrons. The minimum absolute atomic E-state index is 0.0787. The number of hydrogen-bond donors (Lipinski definition) is 1. The van der Waals surface area contributed by atoms with Crippen molar-refractivity contribution in [2.24, 2.45) is 0 Å². The number of methoxy groups -OCH3 is 1. The molecular formula is C11H13F2NO4. The molecule has 0 saturated heterocycles. The van der Waals surface area contributed by atoms with Crippen LogP contribution in [0.25, 0.3) is 0 Å². The number of aromatic nitrogens is 1. The summed E-state index contributed by atoms with van der Waals surface area (Å²) in [5.74, 6) is -0.769. The summed E-state index contributed by atoms with van der Waals surface area (Å²) < 4.78 is 34.5. The van der Waals surface area contributed by atoms with E-state index in [4.69, 9.17) is 9.47 Å². The van der Waals surface area contributed by atoms with Crippen molar-refractivity contribution >= 4 is 5.97 Å². The summed E-state index contributed by atoms with van der Waals surface area (Å²) in [6, 6.07) is 1.03. The Morgan fingerprint density at radius 3 is 2.67 bits per heavy atom. The summed E-state index contributed by atoms with van der Waals surface area (Å²) in [7, 11) is 1.22. The molecule has 0 saturated carbocycles. The Hall–Kier alpha value is -1.92. The molecule has 0 aliphatic carbocycles. The Bertz CT molecular complexity index is 484. The van der Waals surface area contributed by atoms with Gasteiger partial charge in [-0.25, -0.2) is 8.78 Å². The van der Waals surface area contributed by atoms with Gasteiger partial charge < -0.3 is 14.5 Å². The number of hydrogen-bond acceptors (Lipinski definition) is 4. The van der Waals surface area contributed by atoms with E-state index in [9.17, 15) is 18.4 Å². The first-order valence-electron chi connectivity index (χ1n) is 5.23. The number of nitrogens with one attached hydrogen (secondary N) is 1. The number of esters is 1. The number of ether oxygens (including phenoxy) is 2. The van der Waals surface area contributed by atoms with Gasteiger partial charge >= 0.3 is 5.97 Å². The summed E-state index contributed by atoms with van der Waals surface area (Å²) in [6.07, 6.45) is -3.12. The number of halogens is 2. The van der Waals surface area contributed by atoms with Crippen LogP contribution in [0, 0.1) is 0 Å². The Kier molecular flexibility index (Phi) is 4.82. The van der Waals surface area contributed by atoms with Gasteiger partial charge in [-0.3, -0.25) is 9.59 Å². The highest BCUT2D eigenvalue weighted by Crippen LogP contribution is 2.21. The molecule has 1 aromatic heterocycles. The zero-order valence-corrected chi connectivity index (χ0v) is 9.96. The fourth-order valence-electron chi connectivity index (χ4n) is 1.46. The van der Waals surface area contributed by atoms with E-state index in [-0.39, 0.29) is 24.3 Å². The molecule has 0 aliphatic heterocycles. The van der Waals surface area contributed by atoms with Gasteiger partial charge in [0.1, 0.15) is 0 Å². The maximum atomic E-state index is 12.5. The minimum Gasteiger partial charge on any atom is -0.491 e. The van der Waals surface area contributed by atoms with Gasteiger partial charge in [-0.1, -0.05) is 0 Å². The normalized spacial score (nSPS) is 10.5. The quantitative estimate of drug-likeness (QED) is 0.814. The molecular weight excluding hydrogens is 248 g/mol. The number of H-pyrrole nitrogens is 1. The van der Waals surface area contributed by atoms with E-state index >= 15 is 0 Å². The van der Waals surface area contributed by atoms with E-state index < -0.39 is 23.6 Å². The van der Waals surface area contributed by atoms with E-state index in [2.05, 4.69) is 0 Å². The monoisotopic (exact) mass is 261 g/mol. The molecule has 0 fully saturated rings. The van der Waals surface area contributed by atoms with Crippen molar-refractivity contribution < 1.29 is 23.0 Å². The Labute approximate surface area is 102 Å². The topological polar surface area (TPSA) is 68.4 Å². The smallest absolute Gasteiger partial charge is 0.310 e. The SMILES string of the molecule is CCOC(=O)Cc1cc(C(F)F)[nH]c(=O)c1OC. The standard InChI is InChI=1S/C11H13F2NO4/c1-3-18-8(15)5-6-4-7(10(12)13)14-11(16)9(6)17-2/h4,10H,3,5H2,1-2H3,(H,14,16). The Morgan fingerprint density at radius 1 is 1.50 bits per heavy atom. The molecule has 0 atom stereocenters. The first-order chi connectivity index (χ1) is 8.49. The van der Waals surface area contributed by atoms with Crippen LogP contribution in [0.1, 0.15) is 24.6 Å². The van der Waals surface area contributed by atoms with Crippen molar-refractivity contribution in [1.29, 1.82) is 0 Å². The molecule has 1 heterocycles. The van der Waals surface area contributed by atoms with Crippen molar-refractivity contribution in [3.8, 4) is 5.75 Å². The molecule has 1 rings (SSSR count). The van der Waals surface area contributed by atoms with Crippen molar-refractivity contribution in [3.05, 3.63) is 27.7 Å². The molecule has 0 unspecified atom stereocenters. The first kappa shape index (κ1) is 14.1. The highest BCUT2D eigenvalue weighted by molar-refractivity contribution is 5.73. The fraction of sp³-hybridized carbons (Fsp3) is 0.455. The van der Waals surface area contributed by atoms with Crippen LogP contribution in [-0.4, -0.2) is 24.7 Å². The summed E-state index contributed by atoms with van der Waals surface area (Å²) in [5, 5.41) is 0. The third-order valence-electron chi connectivity index (χ3n) is 2.16. The van der Waals surface area contributed by atoms with Crippen LogP contribution in [0.3, 0.4) is 0 Å². The molecule has 0 spiro atoms. The average molecular weight is 261 g/mol. The van der Waals surface area contributed by atoms with Crippen LogP contribution < -0.4 is 10.3 Å². The van der Waals surface area contributed by atoms with E-state index in [1.165, 1.54) is 7.11 Å². The summed E-state index contributed by atoms with van der Waals surface area (Å²) in [6.45, 7) is 1.80. The molecule has 0 bridgehead atoms. The van der Waals surface area contributed by atoms with Gasteiger partial charge in [0.15, 0.2) is 5.75 Å². The second kappa shape index (κ2) is 6.13. The third kappa shape index (κ3) is 3.28. The van der Waals surface area contributed by atoms with Gasteiger partial charge in [0, 0.05) is 5.56 Å². The lowest BCUT2D eigenvalue weighted by Crippen LogP contribution is -2.17. The van der Waals surface area contributed by atoms with Crippen LogP contribution in [-0.2, 0) is 16.0 Å². The Morgan fingerprint density at radius 2 is 2.17 bits per heavy atom. The van der Waals surface area contributed by atoms with E-state index in [1.54, 1.807) is 6.92 Å². The number of alkyl halides is 2. The van der Waals surface area contributed by atoms with Gasteiger partial charge in [-0.05, 0) is 13.0 Å². The van der Waals surface area contributed by atoms with Crippen molar-refractivity contribution in [2.45, 2.75) is 19.8 Å². The van der Waals surface area contributed by atoms with Gasteiger partial charge in [-0.15, -0.1) is 0 Å². The molecule has 0 aromatic carbocycles. The number of carbonyl (C=O) groups excluding carboxylic acids is 1. The lowest BCUT2D eigenvalue weighted by Gasteiger charge is -2.09. The average Bonchev–Trinajstić information content (AvgIpc) is 2.28. The molecule has 0 radical (unpaired) electrons. The van der Waals surface area contributed by atoms with Gasteiger partial charge in [0.05, 0.1) is 25.8 Å². The van der Waals surface area contributed by atoms with Crippen LogP contribution in [0.5, 0.6) is 5.75 Å². The molecule has 1 N–H and O–H groups in total. The van der Waals surface area contributed by atoms with Crippen molar-refractivity contribution in [1.82, 2.24) is 4.98 Å². The lowest BCUT2D eigenvalue weighted by molar-refractivity contribution is -0.142. The second-order valence-electron chi connectivity index (χ2n) is 3.39. The fourth-order valence-corrected chi connectivity index (χ4v) is 1.46. The Balaban J connectivity index is 3.14. The largest absolute Gasteiger partial charge is 0.491 e. The lowest BCUT2D eigenvalue weighted by atomic mass is 10.1. The van der Waals surface area contributed by atoms with Crippen LogP contribution >= 0.6 is 0 Å². The van der Waals surface area contributed by atoms with Crippen LogP contribution in [0.2, 0.25) is 0 Å². The molecule has 18 heavy (non-hydrogen) atoms. The summed E-state index contributed by atoms with van der Waals surface area (Å²) in [4.78, 5) is 24.8. The van der Waals surface area contributed by atoms with E-state index in [0.29, 0.717) is 0 Å². The number of carbonyl (C=O) groups is 1. The zero-order chi connectivity index (χ0) is 13.7. The second-order valence-corrected chi connectivity index (χ2v) is 3.39. The highest BCUT2D eigenvalue weighted by atomic mass is 19.3. The van der Waals surface area contributed by atoms with E-state index in [1.807, 2.05) is 4.98 Å². The van der Waals surface area contributed by atoms with Gasteiger partial charge in [0.25, 0.3) is 12.0 Å². The number of aromatic amines is 1. The maximum Gasteiger partial charge on any atom is 0.310 e. The molecule has 1 aromatic rings. The summed E-state index contributed by atoms with van der Waals surface area (Å²) in [5.41, 5.74) is -1.27. The maximum absolute atomic E-state index is 12.5. The number of rotatable bonds is 5. The number of pyridine rings is 1. The minimum atomic E-state index is -2.83. The molecule has 7 heteroatoms. The molecule has 0 aliphatic rings. The van der Waals surface area contributed by atoms with Crippen molar-refractivity contribution in [2.75, 3.05) is 13.7 Å². The highest BCUT2D eigenvalue weighted by Gasteiger charge is 2.17. The predicted octanol–water partition coefficient (Wildman–Crippen LogP) is 1.43. The molecule has 0 amide bonds. The van der Waals surface area contributed by atoms with Crippen LogP contribution in [0.4, 0.5) is 8.78 Å². The zero-order valence-electron chi connectivity index (χ0n) is 9.96. The van der Waals surface area contributed by atoms with Gasteiger partial charge in [0.2, 0.25) is 0 Å². The van der Waals surface area contributed by atoms with Crippen molar-refractivity contribution in [3.63, 3.8) is 0 Å². The van der Waals surface area contributed by atoms with Crippen LogP contribution in [0.15, 0.2) is 10.9 Å².